The third-order valence-corrected chi connectivity index (χ3v) is 3.11. The van der Waals surface area contributed by atoms with Crippen LogP contribution >= 0.6 is 0 Å². The Morgan fingerprint density at radius 2 is 2.00 bits per heavy atom. The molecule has 0 aliphatic rings. The van der Waals surface area contributed by atoms with Gasteiger partial charge >= 0.3 is 7.12 Å². The molecule has 0 radical (unpaired) electrons. The van der Waals surface area contributed by atoms with Crippen molar-refractivity contribution in [3.63, 3.8) is 0 Å². The average Bonchev–Trinajstić information content (AvgIpc) is 2.35. The predicted octanol–water partition coefficient (Wildman–Crippen LogP) is 0.605. The maximum atomic E-state index is 9.21. The number of benzene rings is 1. The first-order valence-electron chi connectivity index (χ1n) is 6.26. The second-order valence-corrected chi connectivity index (χ2v) is 4.60. The Kier molecular flexibility index (Phi) is 5.66. The second-order valence-electron chi connectivity index (χ2n) is 4.60. The van der Waals surface area contributed by atoms with E-state index in [1.165, 1.54) is 0 Å². The molecule has 2 N–H and O–H groups in total. The zero-order valence-corrected chi connectivity index (χ0v) is 11.6. The third kappa shape index (κ3) is 3.73. The molecule has 0 aromatic heterocycles. The molecule has 0 aliphatic carbocycles. The van der Waals surface area contributed by atoms with Gasteiger partial charge in [0, 0.05) is 18.2 Å². The summed E-state index contributed by atoms with van der Waals surface area (Å²) < 4.78 is 5.32. The van der Waals surface area contributed by atoms with Gasteiger partial charge in [0.2, 0.25) is 0 Å². The maximum Gasteiger partial charge on any atom is 0.488 e. The molecule has 0 amide bonds. The van der Waals surface area contributed by atoms with E-state index in [1.54, 1.807) is 25.3 Å². The maximum absolute atomic E-state index is 9.21. The van der Waals surface area contributed by atoms with Crippen LogP contribution in [0.15, 0.2) is 18.2 Å². The Bertz CT molecular complexity index is 382. The Morgan fingerprint density at radius 3 is 2.44 bits per heavy atom. The SMILES string of the molecule is CCN(Cc1cc(B(O)O)ccc1OC)C(C)C. The van der Waals surface area contributed by atoms with Crippen molar-refractivity contribution in [2.75, 3.05) is 13.7 Å². The van der Waals surface area contributed by atoms with Gasteiger partial charge in [-0.3, -0.25) is 4.90 Å². The van der Waals surface area contributed by atoms with E-state index in [-0.39, 0.29) is 0 Å². The first-order chi connectivity index (χ1) is 8.49. The summed E-state index contributed by atoms with van der Waals surface area (Å²) in [4.78, 5) is 2.28. The van der Waals surface area contributed by atoms with Crippen LogP contribution in [0.2, 0.25) is 0 Å². The molecular formula is C13H22BNO3. The summed E-state index contributed by atoms with van der Waals surface area (Å²) in [6, 6.07) is 5.66. The van der Waals surface area contributed by atoms with Crippen LogP contribution in [0.5, 0.6) is 5.75 Å². The molecule has 18 heavy (non-hydrogen) atoms. The minimum Gasteiger partial charge on any atom is -0.496 e. The molecule has 0 bridgehead atoms. The molecule has 1 aromatic carbocycles. The van der Waals surface area contributed by atoms with Crippen molar-refractivity contribution in [1.82, 2.24) is 4.90 Å². The summed E-state index contributed by atoms with van der Waals surface area (Å²) in [5.74, 6) is 0.776. The van der Waals surface area contributed by atoms with Gasteiger partial charge in [-0.15, -0.1) is 0 Å². The highest BCUT2D eigenvalue weighted by molar-refractivity contribution is 6.58. The fraction of sp³-hybridized carbons (Fsp3) is 0.538. The number of ether oxygens (including phenoxy) is 1. The molecule has 1 aromatic rings. The minimum atomic E-state index is -1.44. The normalized spacial score (nSPS) is 11.1. The van der Waals surface area contributed by atoms with E-state index in [9.17, 15) is 10.0 Å². The molecule has 0 saturated heterocycles. The van der Waals surface area contributed by atoms with Gasteiger partial charge in [0.15, 0.2) is 0 Å². The number of hydrogen-bond acceptors (Lipinski definition) is 4. The summed E-state index contributed by atoms with van der Waals surface area (Å²) in [6.07, 6.45) is 0. The monoisotopic (exact) mass is 251 g/mol. The van der Waals surface area contributed by atoms with E-state index < -0.39 is 7.12 Å². The molecule has 100 valence electrons. The van der Waals surface area contributed by atoms with Gasteiger partial charge in [-0.1, -0.05) is 19.1 Å². The highest BCUT2D eigenvalue weighted by Crippen LogP contribution is 2.19. The van der Waals surface area contributed by atoms with Crippen LogP contribution in [-0.4, -0.2) is 41.8 Å². The summed E-state index contributed by atoms with van der Waals surface area (Å²) in [5.41, 5.74) is 1.46. The summed E-state index contributed by atoms with van der Waals surface area (Å²) >= 11 is 0. The lowest BCUT2D eigenvalue weighted by molar-refractivity contribution is 0.222. The van der Waals surface area contributed by atoms with Crippen molar-refractivity contribution in [3.8, 4) is 5.75 Å². The van der Waals surface area contributed by atoms with Crippen LogP contribution in [-0.2, 0) is 6.54 Å². The molecule has 0 atom stereocenters. The Hall–Kier alpha value is -1.04. The number of nitrogens with zero attached hydrogens (tertiary/aromatic N) is 1. The Balaban J connectivity index is 3.00. The molecule has 0 aliphatic heterocycles. The van der Waals surface area contributed by atoms with Crippen LogP contribution in [0.3, 0.4) is 0 Å². The molecule has 0 saturated carbocycles. The van der Waals surface area contributed by atoms with Crippen LogP contribution in [0, 0.1) is 0 Å². The predicted molar refractivity (Wildman–Crippen MR) is 74.0 cm³/mol. The lowest BCUT2D eigenvalue weighted by Crippen LogP contribution is -2.33. The molecule has 1 rings (SSSR count). The molecule has 0 unspecified atom stereocenters. The highest BCUT2D eigenvalue weighted by atomic mass is 16.5. The lowest BCUT2D eigenvalue weighted by atomic mass is 9.79. The van der Waals surface area contributed by atoms with Crippen molar-refractivity contribution in [3.05, 3.63) is 23.8 Å². The number of hydrogen-bond donors (Lipinski definition) is 2. The van der Waals surface area contributed by atoms with Gasteiger partial charge in [0.1, 0.15) is 5.75 Å². The van der Waals surface area contributed by atoms with E-state index in [2.05, 4.69) is 25.7 Å². The summed E-state index contributed by atoms with van der Waals surface area (Å²) in [7, 11) is 0.184. The Labute approximate surface area is 109 Å². The zero-order chi connectivity index (χ0) is 13.7. The summed E-state index contributed by atoms with van der Waals surface area (Å²) in [5, 5.41) is 18.4. The van der Waals surface area contributed by atoms with E-state index in [0.717, 1.165) is 24.4 Å². The second kappa shape index (κ2) is 6.78. The molecule has 0 fully saturated rings. The van der Waals surface area contributed by atoms with Crippen molar-refractivity contribution in [2.24, 2.45) is 0 Å². The van der Waals surface area contributed by atoms with Gasteiger partial charge in [0.05, 0.1) is 7.11 Å². The van der Waals surface area contributed by atoms with Gasteiger partial charge in [-0.25, -0.2) is 0 Å². The fourth-order valence-electron chi connectivity index (χ4n) is 1.96. The Morgan fingerprint density at radius 1 is 1.33 bits per heavy atom. The van der Waals surface area contributed by atoms with E-state index in [0.29, 0.717) is 11.5 Å². The van der Waals surface area contributed by atoms with E-state index >= 15 is 0 Å². The fourth-order valence-corrected chi connectivity index (χ4v) is 1.96. The first kappa shape index (κ1) is 15.0. The van der Waals surface area contributed by atoms with Crippen LogP contribution in [0.1, 0.15) is 26.3 Å². The largest absolute Gasteiger partial charge is 0.496 e. The highest BCUT2D eigenvalue weighted by Gasteiger charge is 2.16. The van der Waals surface area contributed by atoms with Crippen molar-refractivity contribution in [1.29, 1.82) is 0 Å². The van der Waals surface area contributed by atoms with Gasteiger partial charge in [0.25, 0.3) is 0 Å². The molecule has 0 heterocycles. The summed E-state index contributed by atoms with van der Waals surface area (Å²) in [6.45, 7) is 8.06. The van der Waals surface area contributed by atoms with Crippen molar-refractivity contribution in [2.45, 2.75) is 33.4 Å². The standard InChI is InChI=1S/C13H22BNO3/c1-5-15(10(2)3)9-11-8-12(14(16)17)6-7-13(11)18-4/h6-8,10,16-17H,5,9H2,1-4H3. The number of rotatable bonds is 6. The van der Waals surface area contributed by atoms with Crippen molar-refractivity contribution >= 4 is 12.6 Å². The van der Waals surface area contributed by atoms with Gasteiger partial charge in [-0.2, -0.15) is 0 Å². The topological polar surface area (TPSA) is 52.9 Å². The van der Waals surface area contributed by atoms with Crippen LogP contribution in [0.25, 0.3) is 0 Å². The molecule has 5 heteroatoms. The minimum absolute atomic E-state index is 0.433. The zero-order valence-electron chi connectivity index (χ0n) is 11.6. The van der Waals surface area contributed by atoms with Crippen molar-refractivity contribution < 1.29 is 14.8 Å². The third-order valence-electron chi connectivity index (χ3n) is 3.11. The van der Waals surface area contributed by atoms with Crippen LogP contribution < -0.4 is 10.2 Å². The van der Waals surface area contributed by atoms with Crippen LogP contribution in [0.4, 0.5) is 0 Å². The van der Waals surface area contributed by atoms with Gasteiger partial charge in [-0.05, 0) is 31.9 Å². The number of methoxy groups -OCH3 is 1. The van der Waals surface area contributed by atoms with E-state index in [4.69, 9.17) is 4.74 Å². The lowest BCUT2D eigenvalue weighted by Gasteiger charge is -2.25. The smallest absolute Gasteiger partial charge is 0.488 e. The van der Waals surface area contributed by atoms with E-state index in [1.807, 2.05) is 0 Å². The average molecular weight is 251 g/mol. The molecule has 0 spiro atoms. The molecular weight excluding hydrogens is 229 g/mol. The molecule has 4 nitrogen and oxygen atoms in total. The first-order valence-corrected chi connectivity index (χ1v) is 6.26. The van der Waals surface area contributed by atoms with Gasteiger partial charge < -0.3 is 14.8 Å². The quantitative estimate of drug-likeness (QED) is 0.727.